The van der Waals surface area contributed by atoms with E-state index in [0.717, 1.165) is 6.20 Å². The molecule has 0 saturated heterocycles. The van der Waals surface area contributed by atoms with Gasteiger partial charge in [0.25, 0.3) is 0 Å². The smallest absolute Gasteiger partial charge is 0.340 e. The minimum Gasteiger partial charge on any atom is -0.340 e. The van der Waals surface area contributed by atoms with Gasteiger partial charge in [0.2, 0.25) is 5.91 Å². The Labute approximate surface area is 141 Å². The second-order valence-electron chi connectivity index (χ2n) is 5.58. The van der Waals surface area contributed by atoms with Crippen LogP contribution in [0.4, 0.5) is 13.2 Å². The molecule has 1 amide bonds. The highest BCUT2D eigenvalue weighted by Gasteiger charge is 2.42. The molecule has 1 N–H and O–H groups in total. The molecule has 0 fully saturated rings. The van der Waals surface area contributed by atoms with Gasteiger partial charge in [-0.15, -0.1) is 0 Å². The van der Waals surface area contributed by atoms with Gasteiger partial charge in [0, 0.05) is 24.2 Å². The molecule has 3 aromatic heterocycles. The van der Waals surface area contributed by atoms with Crippen LogP contribution in [0.1, 0.15) is 23.0 Å². The number of alkyl halides is 3. The summed E-state index contributed by atoms with van der Waals surface area (Å²) in [7, 11) is 0. The van der Waals surface area contributed by atoms with Crippen molar-refractivity contribution in [2.24, 2.45) is 0 Å². The lowest BCUT2D eigenvalue weighted by Crippen LogP contribution is -2.39. The quantitative estimate of drug-likeness (QED) is 0.789. The summed E-state index contributed by atoms with van der Waals surface area (Å²) < 4.78 is 41.6. The molecule has 3 heterocycles. The molecule has 25 heavy (non-hydrogen) atoms. The van der Waals surface area contributed by atoms with E-state index in [1.165, 1.54) is 18.3 Å². The van der Waals surface area contributed by atoms with E-state index in [1.54, 1.807) is 35.7 Å². The van der Waals surface area contributed by atoms with E-state index >= 15 is 0 Å². The zero-order chi connectivity index (χ0) is 18.0. The number of amides is 1. The Kier molecular flexibility index (Phi) is 4.43. The van der Waals surface area contributed by atoms with Crippen molar-refractivity contribution in [1.29, 1.82) is 0 Å². The Hall–Kier alpha value is -2.90. The van der Waals surface area contributed by atoms with Crippen molar-refractivity contribution in [2.45, 2.75) is 25.6 Å². The van der Waals surface area contributed by atoms with E-state index in [-0.39, 0.29) is 12.0 Å². The van der Waals surface area contributed by atoms with Gasteiger partial charge < -0.3 is 9.72 Å². The predicted octanol–water partition coefficient (Wildman–Crippen LogP) is 3.00. The molecule has 0 bridgehead atoms. The molecular weight excluding hydrogens is 333 g/mol. The molecule has 130 valence electrons. The highest BCUT2D eigenvalue weighted by molar-refractivity contribution is 5.79. The average Bonchev–Trinajstić information content (AvgIpc) is 2.88. The van der Waals surface area contributed by atoms with Gasteiger partial charge in [-0.05, 0) is 25.1 Å². The molecule has 0 aromatic carbocycles. The number of carbonyl (C=O) groups is 1. The summed E-state index contributed by atoms with van der Waals surface area (Å²) in [6.07, 6.45) is -0.629. The second kappa shape index (κ2) is 6.54. The Morgan fingerprint density at radius 3 is 2.76 bits per heavy atom. The number of nitrogens with one attached hydrogen (secondary N) is 1. The van der Waals surface area contributed by atoms with Crippen molar-refractivity contribution in [2.75, 3.05) is 0 Å². The molecule has 0 aliphatic heterocycles. The number of nitrogens with zero attached hydrogens (tertiary/aromatic N) is 3. The molecule has 0 aliphatic carbocycles. The van der Waals surface area contributed by atoms with Gasteiger partial charge in [0.15, 0.2) is 6.04 Å². The Balaban J connectivity index is 1.84. The molecule has 3 aromatic rings. The maximum absolute atomic E-state index is 13.3. The summed E-state index contributed by atoms with van der Waals surface area (Å²) >= 11 is 0. The van der Waals surface area contributed by atoms with Crippen LogP contribution in [0.3, 0.4) is 0 Å². The van der Waals surface area contributed by atoms with Gasteiger partial charge in [-0.2, -0.15) is 13.2 Å². The topological polar surface area (TPSA) is 59.3 Å². The molecule has 0 spiro atoms. The molecular formula is C17H15F3N4O. The number of fused-ring (bicyclic) bond motifs is 1. The lowest BCUT2D eigenvalue weighted by Gasteiger charge is -2.21. The number of halogens is 3. The minimum absolute atomic E-state index is 0.113. The van der Waals surface area contributed by atoms with Crippen molar-refractivity contribution in [1.82, 2.24) is 19.7 Å². The number of rotatable bonds is 4. The van der Waals surface area contributed by atoms with Crippen LogP contribution < -0.4 is 5.32 Å². The number of carbonyl (C=O) groups excluding carboxylic acids is 1. The number of aromatic nitrogens is 3. The van der Waals surface area contributed by atoms with Crippen molar-refractivity contribution in [3.05, 3.63) is 65.9 Å². The number of hydrogen-bond donors (Lipinski definition) is 1. The van der Waals surface area contributed by atoms with Crippen LogP contribution in [-0.2, 0) is 11.2 Å². The molecule has 1 atom stereocenters. The van der Waals surface area contributed by atoms with Crippen LogP contribution in [-0.4, -0.2) is 26.5 Å². The molecule has 5 nitrogen and oxygen atoms in total. The Morgan fingerprint density at radius 1 is 1.28 bits per heavy atom. The predicted molar refractivity (Wildman–Crippen MR) is 84.8 cm³/mol. The van der Waals surface area contributed by atoms with Gasteiger partial charge in [0.1, 0.15) is 5.65 Å². The van der Waals surface area contributed by atoms with E-state index < -0.39 is 18.1 Å². The summed E-state index contributed by atoms with van der Waals surface area (Å²) in [5, 5.41) is 2.06. The molecule has 0 radical (unpaired) electrons. The fourth-order valence-corrected chi connectivity index (χ4v) is 2.64. The van der Waals surface area contributed by atoms with Gasteiger partial charge in [-0.1, -0.05) is 12.1 Å². The fourth-order valence-electron chi connectivity index (χ4n) is 2.64. The first-order valence-electron chi connectivity index (χ1n) is 7.55. The van der Waals surface area contributed by atoms with E-state index in [9.17, 15) is 18.0 Å². The van der Waals surface area contributed by atoms with Crippen molar-refractivity contribution in [3.8, 4) is 0 Å². The number of pyridine rings is 2. The first-order chi connectivity index (χ1) is 11.9. The summed E-state index contributed by atoms with van der Waals surface area (Å²) in [6, 6.07) is 5.91. The van der Waals surface area contributed by atoms with Gasteiger partial charge >= 0.3 is 6.18 Å². The highest BCUT2D eigenvalue weighted by atomic mass is 19.4. The normalized spacial score (nSPS) is 13.0. The monoisotopic (exact) mass is 348 g/mol. The van der Waals surface area contributed by atoms with Crippen molar-refractivity contribution < 1.29 is 18.0 Å². The van der Waals surface area contributed by atoms with Gasteiger partial charge in [-0.25, -0.2) is 4.98 Å². The van der Waals surface area contributed by atoms with Crippen molar-refractivity contribution >= 4 is 11.6 Å². The third-order valence-electron chi connectivity index (χ3n) is 3.81. The van der Waals surface area contributed by atoms with E-state index in [4.69, 9.17) is 0 Å². The largest absolute Gasteiger partial charge is 0.412 e. The zero-order valence-electron chi connectivity index (χ0n) is 13.3. The Bertz CT molecular complexity index is 890. The third-order valence-corrected chi connectivity index (χ3v) is 3.81. The van der Waals surface area contributed by atoms with Crippen LogP contribution in [0.5, 0.6) is 0 Å². The molecule has 0 aliphatic rings. The van der Waals surface area contributed by atoms with Crippen LogP contribution >= 0.6 is 0 Å². The van der Waals surface area contributed by atoms with E-state index in [1.807, 2.05) is 0 Å². The third kappa shape index (κ3) is 3.62. The number of aryl methyl sites for hydroxylation is 1. The summed E-state index contributed by atoms with van der Waals surface area (Å²) in [5.41, 5.74) is 1.69. The van der Waals surface area contributed by atoms with Crippen LogP contribution in [0.15, 0.2) is 48.9 Å². The van der Waals surface area contributed by atoms with Gasteiger partial charge in [-0.3, -0.25) is 9.78 Å². The molecule has 8 heteroatoms. The Morgan fingerprint density at radius 2 is 2.08 bits per heavy atom. The average molecular weight is 348 g/mol. The summed E-state index contributed by atoms with van der Waals surface area (Å²) in [4.78, 5) is 20.3. The number of imidazole rings is 1. The molecule has 0 unspecified atom stereocenters. The molecule has 0 saturated carbocycles. The van der Waals surface area contributed by atoms with E-state index in [0.29, 0.717) is 17.0 Å². The van der Waals surface area contributed by atoms with Crippen LogP contribution in [0.25, 0.3) is 5.65 Å². The summed E-state index contributed by atoms with van der Waals surface area (Å²) in [6.45, 7) is 1.72. The standard InChI is InChI=1S/C17H15F3N4O/c1-11-13(24-8-3-2-6-14(24)22-11)9-15(25)23-16(17(18,19)20)12-5-4-7-21-10-12/h2-8,10,16H,9H2,1H3,(H,23,25)/t16-/m0/s1. The maximum atomic E-state index is 13.3. The van der Waals surface area contributed by atoms with Crippen LogP contribution in [0, 0.1) is 6.92 Å². The second-order valence-corrected chi connectivity index (χ2v) is 5.58. The minimum atomic E-state index is -4.62. The van der Waals surface area contributed by atoms with Crippen molar-refractivity contribution in [3.63, 3.8) is 0 Å². The number of hydrogen-bond acceptors (Lipinski definition) is 3. The lowest BCUT2D eigenvalue weighted by molar-refractivity contribution is -0.163. The van der Waals surface area contributed by atoms with Gasteiger partial charge in [0.05, 0.1) is 17.8 Å². The lowest BCUT2D eigenvalue weighted by atomic mass is 10.1. The van der Waals surface area contributed by atoms with E-state index in [2.05, 4.69) is 15.3 Å². The zero-order valence-corrected chi connectivity index (χ0v) is 13.3. The maximum Gasteiger partial charge on any atom is 0.412 e. The first kappa shape index (κ1) is 16.9. The summed E-state index contributed by atoms with van der Waals surface area (Å²) in [5.74, 6) is -0.736. The molecule has 3 rings (SSSR count). The fraction of sp³-hybridized carbons (Fsp3) is 0.235. The SMILES string of the molecule is Cc1nc2ccccn2c1CC(=O)N[C@@H](c1cccnc1)C(F)(F)F. The highest BCUT2D eigenvalue weighted by Crippen LogP contribution is 2.32. The first-order valence-corrected chi connectivity index (χ1v) is 7.55. The van der Waals surface area contributed by atoms with Crippen LogP contribution in [0.2, 0.25) is 0 Å².